The third-order valence-electron chi connectivity index (χ3n) is 16.2. The van der Waals surface area contributed by atoms with Gasteiger partial charge in [-0.15, -0.1) is 0 Å². The van der Waals surface area contributed by atoms with Gasteiger partial charge in [0.2, 0.25) is 5.91 Å². The maximum atomic E-state index is 12.5. The Morgan fingerprint density at radius 2 is 0.562 bits per heavy atom. The fourth-order valence-corrected chi connectivity index (χ4v) is 11.0. The fourth-order valence-electron chi connectivity index (χ4n) is 11.0. The monoisotopic (exact) mass is 1030 g/mol. The Hall–Kier alpha value is -1.14. The van der Waals surface area contributed by atoms with E-state index in [2.05, 4.69) is 19.2 Å². The normalized spacial score (nSPS) is 12.4. The smallest absolute Gasteiger partial charge is 0.305 e. The van der Waals surface area contributed by atoms with Crippen molar-refractivity contribution in [1.29, 1.82) is 0 Å². The van der Waals surface area contributed by atoms with Crippen LogP contribution in [-0.4, -0.2) is 47.4 Å². The Balaban J connectivity index is 3.40. The molecule has 0 aromatic heterocycles. The van der Waals surface area contributed by atoms with Crippen LogP contribution >= 0.6 is 0 Å². The molecule has 0 aromatic rings. The van der Waals surface area contributed by atoms with Gasteiger partial charge in [-0.05, 0) is 25.7 Å². The van der Waals surface area contributed by atoms with Gasteiger partial charge in [-0.25, -0.2) is 0 Å². The molecule has 0 aromatic carbocycles. The third kappa shape index (κ3) is 60.0. The second-order valence-corrected chi connectivity index (χ2v) is 23.5. The summed E-state index contributed by atoms with van der Waals surface area (Å²) in [6.45, 7) is 4.98. The molecule has 0 aliphatic heterocycles. The molecule has 0 bridgehead atoms. The topological polar surface area (TPSA) is 95.9 Å². The molecule has 0 heterocycles. The van der Waals surface area contributed by atoms with Crippen LogP contribution in [0.3, 0.4) is 0 Å². The highest BCUT2D eigenvalue weighted by molar-refractivity contribution is 5.76. The van der Waals surface area contributed by atoms with Gasteiger partial charge in [0.1, 0.15) is 0 Å². The van der Waals surface area contributed by atoms with Crippen molar-refractivity contribution >= 4 is 11.9 Å². The number of aliphatic hydroxyl groups excluding tert-OH is 2. The molecule has 73 heavy (non-hydrogen) atoms. The Morgan fingerprint density at radius 3 is 0.836 bits per heavy atom. The number of rotatable bonds is 64. The Morgan fingerprint density at radius 1 is 0.329 bits per heavy atom. The minimum Gasteiger partial charge on any atom is -0.466 e. The van der Waals surface area contributed by atoms with Gasteiger partial charge in [0, 0.05) is 12.8 Å². The van der Waals surface area contributed by atoms with Gasteiger partial charge >= 0.3 is 5.97 Å². The zero-order valence-electron chi connectivity index (χ0n) is 49.9. The van der Waals surface area contributed by atoms with E-state index in [0.717, 1.165) is 51.4 Å². The second-order valence-electron chi connectivity index (χ2n) is 23.5. The molecule has 2 atom stereocenters. The Labute approximate surface area is 457 Å². The fraction of sp³-hybridized carbons (Fsp3) is 0.970. The van der Waals surface area contributed by atoms with Gasteiger partial charge in [0.25, 0.3) is 0 Å². The van der Waals surface area contributed by atoms with Crippen LogP contribution in [0.15, 0.2) is 0 Å². The lowest BCUT2D eigenvalue weighted by molar-refractivity contribution is -0.143. The lowest BCUT2D eigenvalue weighted by Gasteiger charge is -2.22. The summed E-state index contributed by atoms with van der Waals surface area (Å²) in [7, 11) is 0. The van der Waals surface area contributed by atoms with E-state index in [1.165, 1.54) is 308 Å². The standard InChI is InChI=1S/C67H133NO5/c1-3-5-7-9-11-13-15-17-19-21-22-23-24-25-26-27-28-30-31-35-39-43-47-51-55-59-65(70)64(63-69)68-66(71)60-56-52-48-44-40-36-33-34-38-42-46-50-54-58-62-73-67(72)61-57-53-49-45-41-37-32-29-20-18-16-14-12-10-8-6-4-2/h64-65,69-70H,3-63H2,1-2H3,(H,68,71). The van der Waals surface area contributed by atoms with Crippen molar-refractivity contribution < 1.29 is 24.5 Å². The molecule has 436 valence electrons. The zero-order valence-corrected chi connectivity index (χ0v) is 49.9. The molecule has 3 N–H and O–H groups in total. The number of unbranched alkanes of at least 4 members (excludes halogenated alkanes) is 53. The first-order valence-corrected chi connectivity index (χ1v) is 33.8. The minimum atomic E-state index is -0.672. The van der Waals surface area contributed by atoms with Gasteiger partial charge in [0.15, 0.2) is 0 Å². The largest absolute Gasteiger partial charge is 0.466 e. The molecule has 0 fully saturated rings. The summed E-state index contributed by atoms with van der Waals surface area (Å²) in [5.74, 6) is -0.0357. The molecule has 2 unspecified atom stereocenters. The molecule has 6 heteroatoms. The molecule has 0 saturated carbocycles. The van der Waals surface area contributed by atoms with Gasteiger partial charge < -0.3 is 20.3 Å². The number of hydrogen-bond acceptors (Lipinski definition) is 5. The average Bonchev–Trinajstić information content (AvgIpc) is 3.39. The van der Waals surface area contributed by atoms with Crippen molar-refractivity contribution in [3.8, 4) is 0 Å². The predicted molar refractivity (Wildman–Crippen MR) is 320 cm³/mol. The first kappa shape index (κ1) is 71.9. The van der Waals surface area contributed by atoms with Crippen molar-refractivity contribution in [2.45, 2.75) is 405 Å². The molecule has 1 amide bonds. The van der Waals surface area contributed by atoms with Crippen molar-refractivity contribution in [2.75, 3.05) is 13.2 Å². The highest BCUT2D eigenvalue weighted by Gasteiger charge is 2.20. The molecule has 0 radical (unpaired) electrons. The van der Waals surface area contributed by atoms with E-state index in [0.29, 0.717) is 25.9 Å². The number of carbonyl (C=O) groups is 2. The molecular weight excluding hydrogens is 899 g/mol. The van der Waals surface area contributed by atoms with Crippen LogP contribution in [0.5, 0.6) is 0 Å². The number of esters is 1. The van der Waals surface area contributed by atoms with Gasteiger partial charge in [-0.3, -0.25) is 9.59 Å². The number of ether oxygens (including phenoxy) is 1. The van der Waals surface area contributed by atoms with E-state index in [1.807, 2.05) is 0 Å². The van der Waals surface area contributed by atoms with Crippen LogP contribution in [0.2, 0.25) is 0 Å². The summed E-state index contributed by atoms with van der Waals surface area (Å²) in [5.41, 5.74) is 0. The van der Waals surface area contributed by atoms with E-state index in [-0.39, 0.29) is 18.5 Å². The number of amides is 1. The van der Waals surface area contributed by atoms with E-state index < -0.39 is 12.1 Å². The van der Waals surface area contributed by atoms with Crippen molar-refractivity contribution in [1.82, 2.24) is 5.32 Å². The zero-order chi connectivity index (χ0) is 52.9. The lowest BCUT2D eigenvalue weighted by atomic mass is 10.0. The Bertz CT molecular complexity index is 1050. The summed E-state index contributed by atoms with van der Waals surface area (Å²) in [4.78, 5) is 24.6. The van der Waals surface area contributed by atoms with Crippen LogP contribution in [-0.2, 0) is 14.3 Å². The van der Waals surface area contributed by atoms with E-state index in [4.69, 9.17) is 4.74 Å². The number of carbonyl (C=O) groups excluding carboxylic acids is 2. The predicted octanol–water partition coefficient (Wildman–Crippen LogP) is 21.4. The average molecular weight is 1030 g/mol. The van der Waals surface area contributed by atoms with Gasteiger partial charge in [-0.2, -0.15) is 0 Å². The van der Waals surface area contributed by atoms with E-state index in [9.17, 15) is 19.8 Å². The quantitative estimate of drug-likeness (QED) is 0.0417. The maximum absolute atomic E-state index is 12.5. The molecular formula is C67H133NO5. The summed E-state index contributed by atoms with van der Waals surface area (Å²) in [6.07, 6.45) is 75.5. The van der Waals surface area contributed by atoms with Crippen LogP contribution in [0.4, 0.5) is 0 Å². The van der Waals surface area contributed by atoms with Crippen molar-refractivity contribution in [2.24, 2.45) is 0 Å². The van der Waals surface area contributed by atoms with E-state index in [1.54, 1.807) is 0 Å². The molecule has 0 aliphatic carbocycles. The van der Waals surface area contributed by atoms with Crippen LogP contribution in [0, 0.1) is 0 Å². The SMILES string of the molecule is CCCCCCCCCCCCCCCCCCCCCCCCCCCC(O)C(CO)NC(=O)CCCCCCCCCCCCCCCCOC(=O)CCCCCCCCCCCCCCCCCCC. The van der Waals surface area contributed by atoms with Crippen LogP contribution in [0.25, 0.3) is 0 Å². The first-order chi connectivity index (χ1) is 36.0. The molecule has 0 saturated heterocycles. The minimum absolute atomic E-state index is 0.00375. The van der Waals surface area contributed by atoms with E-state index >= 15 is 0 Å². The van der Waals surface area contributed by atoms with Crippen LogP contribution < -0.4 is 5.32 Å². The second kappa shape index (κ2) is 63.4. The lowest BCUT2D eigenvalue weighted by Crippen LogP contribution is -2.45. The molecule has 0 spiro atoms. The summed E-state index contributed by atoms with van der Waals surface area (Å²) < 4.78 is 5.50. The van der Waals surface area contributed by atoms with Gasteiger partial charge in [0.05, 0.1) is 25.4 Å². The molecule has 0 rings (SSSR count). The number of hydrogen-bond donors (Lipinski definition) is 3. The number of nitrogens with one attached hydrogen (secondary N) is 1. The molecule has 6 nitrogen and oxygen atoms in total. The van der Waals surface area contributed by atoms with Crippen molar-refractivity contribution in [3.63, 3.8) is 0 Å². The van der Waals surface area contributed by atoms with Gasteiger partial charge in [-0.1, -0.05) is 354 Å². The first-order valence-electron chi connectivity index (χ1n) is 33.8. The summed E-state index contributed by atoms with van der Waals surface area (Å²) in [5, 5.41) is 23.4. The Kier molecular flexibility index (Phi) is 62.4. The highest BCUT2D eigenvalue weighted by Crippen LogP contribution is 2.19. The van der Waals surface area contributed by atoms with Crippen molar-refractivity contribution in [3.05, 3.63) is 0 Å². The van der Waals surface area contributed by atoms with Crippen LogP contribution in [0.1, 0.15) is 393 Å². The summed E-state index contributed by atoms with van der Waals surface area (Å²) >= 11 is 0. The maximum Gasteiger partial charge on any atom is 0.305 e. The third-order valence-corrected chi connectivity index (χ3v) is 16.2. The summed E-state index contributed by atoms with van der Waals surface area (Å²) in [6, 6.07) is -0.550. The number of aliphatic hydroxyl groups is 2. The molecule has 0 aliphatic rings. The highest BCUT2D eigenvalue weighted by atomic mass is 16.5.